The van der Waals surface area contributed by atoms with Gasteiger partial charge in [0.2, 0.25) is 0 Å². The van der Waals surface area contributed by atoms with Crippen LogP contribution in [0.4, 0.5) is 0 Å². The van der Waals surface area contributed by atoms with Crippen LogP contribution in [-0.2, 0) is 26.2 Å². The van der Waals surface area contributed by atoms with Crippen LogP contribution in [0.3, 0.4) is 0 Å². The summed E-state index contributed by atoms with van der Waals surface area (Å²) in [4.78, 5) is 11.5. The first-order valence-electron chi connectivity index (χ1n) is 23.9. The van der Waals surface area contributed by atoms with Crippen LogP contribution in [-0.4, -0.2) is 69.9 Å². The van der Waals surface area contributed by atoms with Gasteiger partial charge in [0.1, 0.15) is 0 Å². The Morgan fingerprint density at radius 3 is 0.515 bits per heavy atom. The number of hydrogen-bond donors (Lipinski definition) is 0. The third-order valence-corrected chi connectivity index (χ3v) is 22.5. The molecule has 1 fully saturated rings. The Bertz CT molecular complexity index is 2220. The summed E-state index contributed by atoms with van der Waals surface area (Å²) in [6.07, 6.45) is 8.25. The van der Waals surface area contributed by atoms with E-state index in [1.807, 2.05) is 0 Å². The molecule has 8 aromatic carbocycles. The molecule has 0 radical (unpaired) electrons. The topological polar surface area (TPSA) is 13.0 Å². The molecular formula is C60H64N4P4. The normalized spacial score (nSPS) is 19.9. The molecule has 1 saturated heterocycles. The first-order valence-corrected chi connectivity index (χ1v) is 30.8. The molecular weight excluding hydrogens is 901 g/mol. The molecule has 0 saturated carbocycles. The first-order chi connectivity index (χ1) is 33.7. The van der Waals surface area contributed by atoms with Gasteiger partial charge in [-0.15, -0.1) is 0 Å². The molecule has 0 N–H and O–H groups in total. The Balaban J connectivity index is 1.19. The average Bonchev–Trinajstić information content (AvgIpc) is 3.39. The van der Waals surface area contributed by atoms with Gasteiger partial charge in [-0.3, -0.25) is 19.6 Å². The van der Waals surface area contributed by atoms with Gasteiger partial charge in [-0.2, -0.15) is 0 Å². The molecule has 9 rings (SSSR count). The van der Waals surface area contributed by atoms with Crippen LogP contribution in [0, 0.1) is 0 Å². The van der Waals surface area contributed by atoms with Crippen molar-refractivity contribution in [2.24, 2.45) is 0 Å². The van der Waals surface area contributed by atoms with Crippen molar-refractivity contribution in [3.8, 4) is 0 Å². The van der Waals surface area contributed by atoms with E-state index < -0.39 is 31.7 Å². The minimum absolute atomic E-state index is 0.625. The fraction of sp³-hybridized carbons (Fsp3) is 0.200. The standard InChI is InChI=1S/C60H64N4P4/c1-9-25-53(26-10-1)41-61-45-65(57-33-17-5-18-34-57)47-62(42-54-27-11-2-12-28-54)49-67(59-37-21-7-22-38-59)51-64(44-56-31-15-4-16-32-56)52-68(60-39-23-8-24-40-60)50-63(43-55-29-13-3-14-30-55)48-66(46-61)58-35-19-6-20-36-58/h1-40H,41-52H2. The Morgan fingerprint density at radius 2 is 0.353 bits per heavy atom. The number of rotatable bonds is 12. The van der Waals surface area contributed by atoms with E-state index in [0.29, 0.717) is 0 Å². The number of hydrogen-bond acceptors (Lipinski definition) is 4. The zero-order valence-corrected chi connectivity index (χ0v) is 42.7. The summed E-state index contributed by atoms with van der Waals surface area (Å²) >= 11 is 0. The smallest absolute Gasteiger partial charge is 0.0243 e. The van der Waals surface area contributed by atoms with E-state index in [2.05, 4.69) is 262 Å². The maximum atomic E-state index is 2.86. The van der Waals surface area contributed by atoms with Gasteiger partial charge in [-0.25, -0.2) is 0 Å². The van der Waals surface area contributed by atoms with Gasteiger partial charge in [-0.05, 0) is 75.2 Å². The summed E-state index contributed by atoms with van der Waals surface area (Å²) in [6.45, 7) is 3.71. The Labute approximate surface area is 411 Å². The second-order valence-electron chi connectivity index (χ2n) is 17.9. The molecule has 0 unspecified atom stereocenters. The zero-order chi connectivity index (χ0) is 46.0. The van der Waals surface area contributed by atoms with Crippen LogP contribution in [0.2, 0.25) is 0 Å². The highest BCUT2D eigenvalue weighted by molar-refractivity contribution is 7.67. The van der Waals surface area contributed by atoms with Gasteiger partial charge < -0.3 is 0 Å². The second-order valence-corrected chi connectivity index (χ2v) is 26.5. The summed E-state index contributed by atoms with van der Waals surface area (Å²) in [7, 11) is -2.50. The summed E-state index contributed by atoms with van der Waals surface area (Å²) in [5, 5.41) is 5.94. The molecule has 68 heavy (non-hydrogen) atoms. The average molecular weight is 965 g/mol. The number of nitrogens with zero attached hydrogens (tertiary/aromatic N) is 4. The molecule has 0 amide bonds. The van der Waals surface area contributed by atoms with Gasteiger partial charge in [-0.1, -0.05) is 243 Å². The van der Waals surface area contributed by atoms with Gasteiger partial charge in [0, 0.05) is 76.5 Å². The summed E-state index contributed by atoms with van der Waals surface area (Å²) in [5.74, 6) is 0. The Hall–Kier alpha value is -4.68. The fourth-order valence-electron chi connectivity index (χ4n) is 9.26. The lowest BCUT2D eigenvalue weighted by Crippen LogP contribution is -2.37. The maximum Gasteiger partial charge on any atom is 0.0243 e. The van der Waals surface area contributed by atoms with E-state index in [1.54, 1.807) is 0 Å². The van der Waals surface area contributed by atoms with Gasteiger partial charge >= 0.3 is 0 Å². The molecule has 0 bridgehead atoms. The number of benzene rings is 8. The van der Waals surface area contributed by atoms with Crippen molar-refractivity contribution in [2.75, 3.05) is 50.3 Å². The van der Waals surface area contributed by atoms with E-state index in [1.165, 1.54) is 43.5 Å². The zero-order valence-electron chi connectivity index (χ0n) is 39.2. The molecule has 4 nitrogen and oxygen atoms in total. The fourth-order valence-corrected chi connectivity index (χ4v) is 19.4. The van der Waals surface area contributed by atoms with Crippen LogP contribution in [0.1, 0.15) is 22.3 Å². The van der Waals surface area contributed by atoms with E-state index in [-0.39, 0.29) is 0 Å². The molecule has 0 aliphatic carbocycles. The van der Waals surface area contributed by atoms with Crippen molar-refractivity contribution in [1.29, 1.82) is 0 Å². The van der Waals surface area contributed by atoms with Crippen molar-refractivity contribution < 1.29 is 0 Å². The molecule has 1 heterocycles. The summed E-state index contributed by atoms with van der Waals surface area (Å²) < 4.78 is 0. The predicted octanol–water partition coefficient (Wildman–Crippen LogP) is 12.9. The summed E-state index contributed by atoms with van der Waals surface area (Å²) in [5.41, 5.74) is 5.53. The highest BCUT2D eigenvalue weighted by atomic mass is 31.1. The van der Waals surface area contributed by atoms with Crippen molar-refractivity contribution in [1.82, 2.24) is 19.6 Å². The highest BCUT2D eigenvalue weighted by Crippen LogP contribution is 2.48. The minimum Gasteiger partial charge on any atom is -0.290 e. The lowest BCUT2D eigenvalue weighted by molar-refractivity contribution is 0.331. The van der Waals surface area contributed by atoms with E-state index in [9.17, 15) is 0 Å². The molecule has 8 heteroatoms. The third kappa shape index (κ3) is 14.7. The summed E-state index contributed by atoms with van der Waals surface area (Å²) in [6, 6.07) is 91.2. The third-order valence-electron chi connectivity index (χ3n) is 12.4. The van der Waals surface area contributed by atoms with Crippen LogP contribution >= 0.6 is 31.7 Å². The lowest BCUT2D eigenvalue weighted by atomic mass is 10.2. The van der Waals surface area contributed by atoms with Crippen LogP contribution < -0.4 is 21.2 Å². The van der Waals surface area contributed by atoms with Crippen molar-refractivity contribution in [3.05, 3.63) is 265 Å². The molecule has 0 spiro atoms. The molecule has 0 atom stereocenters. The van der Waals surface area contributed by atoms with Crippen molar-refractivity contribution >= 4 is 52.9 Å². The molecule has 344 valence electrons. The monoisotopic (exact) mass is 964 g/mol. The van der Waals surface area contributed by atoms with Crippen LogP contribution in [0.5, 0.6) is 0 Å². The van der Waals surface area contributed by atoms with E-state index in [0.717, 1.165) is 76.5 Å². The maximum absolute atomic E-state index is 2.86. The van der Waals surface area contributed by atoms with Crippen LogP contribution in [0.15, 0.2) is 243 Å². The molecule has 1 aliphatic rings. The van der Waals surface area contributed by atoms with E-state index >= 15 is 0 Å². The second kappa shape index (κ2) is 25.8. The molecule has 0 aromatic heterocycles. The van der Waals surface area contributed by atoms with Crippen molar-refractivity contribution in [3.63, 3.8) is 0 Å². The SMILES string of the molecule is c1ccc(CN2CP(c3ccccc3)CN(Cc3ccccc3)CP(c3ccccc3)CN(Cc3ccccc3)CP(c3ccccc3)CN(Cc3ccccc3)CP(c3ccccc3)C2)cc1. The van der Waals surface area contributed by atoms with E-state index in [4.69, 9.17) is 0 Å². The Morgan fingerprint density at radius 1 is 0.206 bits per heavy atom. The van der Waals surface area contributed by atoms with Crippen molar-refractivity contribution in [2.45, 2.75) is 26.2 Å². The van der Waals surface area contributed by atoms with Gasteiger partial charge in [0.15, 0.2) is 0 Å². The Kier molecular flexibility index (Phi) is 18.3. The largest absolute Gasteiger partial charge is 0.290 e. The van der Waals surface area contributed by atoms with Crippen LogP contribution in [0.25, 0.3) is 0 Å². The molecule has 8 aromatic rings. The minimum atomic E-state index is -0.625. The quantitative estimate of drug-likeness (QED) is 0.113. The highest BCUT2D eigenvalue weighted by Gasteiger charge is 2.29. The van der Waals surface area contributed by atoms with Gasteiger partial charge in [0.25, 0.3) is 0 Å². The predicted molar refractivity (Wildman–Crippen MR) is 299 cm³/mol. The van der Waals surface area contributed by atoms with Gasteiger partial charge in [0.05, 0.1) is 0 Å². The first kappa shape index (κ1) is 48.3. The lowest BCUT2D eigenvalue weighted by Gasteiger charge is -2.39. The molecule has 1 aliphatic heterocycles.